The molecule has 1 unspecified atom stereocenters. The largest absolute Gasteiger partial charge is 0.478 e. The van der Waals surface area contributed by atoms with Gasteiger partial charge in [-0.25, -0.2) is 9.59 Å². The Bertz CT molecular complexity index is 495. The van der Waals surface area contributed by atoms with Crippen molar-refractivity contribution in [3.63, 3.8) is 0 Å². The maximum absolute atomic E-state index is 12.2. The van der Waals surface area contributed by atoms with Gasteiger partial charge in [-0.05, 0) is 12.8 Å². The van der Waals surface area contributed by atoms with Gasteiger partial charge in [-0.1, -0.05) is 13.8 Å². The average Bonchev–Trinajstić information content (AvgIpc) is 2.89. The van der Waals surface area contributed by atoms with Crippen molar-refractivity contribution < 1.29 is 19.4 Å². The molecule has 2 heterocycles. The number of esters is 1. The van der Waals surface area contributed by atoms with Crippen LogP contribution in [0.4, 0.5) is 0 Å². The van der Waals surface area contributed by atoms with E-state index in [1.54, 1.807) is 6.92 Å². The Morgan fingerprint density at radius 3 is 2.80 bits per heavy atom. The van der Waals surface area contributed by atoms with Crippen LogP contribution in [0.15, 0.2) is 22.4 Å². The average molecular weight is 297 g/mol. The predicted molar refractivity (Wildman–Crippen MR) is 76.9 cm³/mol. The van der Waals surface area contributed by atoms with Crippen molar-refractivity contribution in [2.24, 2.45) is 11.8 Å². The molecule has 6 heteroatoms. The second kappa shape index (κ2) is 5.91. The van der Waals surface area contributed by atoms with Gasteiger partial charge in [-0.2, -0.15) is 0 Å². The first-order chi connectivity index (χ1) is 9.45. The van der Waals surface area contributed by atoms with E-state index in [9.17, 15) is 9.59 Å². The van der Waals surface area contributed by atoms with Crippen LogP contribution < -0.4 is 0 Å². The molecule has 0 amide bonds. The number of carbonyl (C=O) groups excluding carboxylic acids is 1. The van der Waals surface area contributed by atoms with Crippen LogP contribution in [-0.2, 0) is 14.3 Å². The molecule has 5 nitrogen and oxygen atoms in total. The Balaban J connectivity index is 2.36. The quantitative estimate of drug-likeness (QED) is 0.633. The van der Waals surface area contributed by atoms with Gasteiger partial charge >= 0.3 is 11.9 Å². The second-order valence-corrected chi connectivity index (χ2v) is 6.13. The van der Waals surface area contributed by atoms with E-state index in [0.717, 1.165) is 10.7 Å². The Kier molecular flexibility index (Phi) is 4.42. The Hall–Kier alpha value is -1.43. The third-order valence-electron chi connectivity index (χ3n) is 3.52. The standard InChI is InChI=1S/C14H19NO4S/c1-4-19-14(18)12-10(8(2)3)6-15-9(5-11(16)17)7-20-13(12)15/h5,8,10H,4,6-7H2,1-3H3,(H,16,17)/b9-5+. The van der Waals surface area contributed by atoms with Gasteiger partial charge in [0.25, 0.3) is 0 Å². The number of carboxylic acids is 1. The summed E-state index contributed by atoms with van der Waals surface area (Å²) in [6, 6.07) is 0. The van der Waals surface area contributed by atoms with E-state index >= 15 is 0 Å². The van der Waals surface area contributed by atoms with Crippen LogP contribution >= 0.6 is 11.8 Å². The summed E-state index contributed by atoms with van der Waals surface area (Å²) in [6.07, 6.45) is 1.23. The number of carboxylic acid groups (broad SMARTS) is 1. The molecule has 0 aromatic heterocycles. The van der Waals surface area contributed by atoms with Gasteiger partial charge in [-0.3, -0.25) is 0 Å². The number of rotatable bonds is 4. The van der Waals surface area contributed by atoms with E-state index in [-0.39, 0.29) is 11.9 Å². The summed E-state index contributed by atoms with van der Waals surface area (Å²) in [4.78, 5) is 25.0. The predicted octanol–water partition coefficient (Wildman–Crippen LogP) is 2.06. The molecule has 1 atom stereocenters. The van der Waals surface area contributed by atoms with Crippen molar-refractivity contribution in [2.75, 3.05) is 18.9 Å². The molecule has 0 radical (unpaired) electrons. The SMILES string of the molecule is CCOC(=O)C1=C2SC/C(=C\C(=O)O)N2CC1C(C)C. The first-order valence-electron chi connectivity index (χ1n) is 6.70. The summed E-state index contributed by atoms with van der Waals surface area (Å²) in [7, 11) is 0. The molecule has 2 aliphatic rings. The lowest BCUT2D eigenvalue weighted by atomic mass is 9.90. The highest BCUT2D eigenvalue weighted by molar-refractivity contribution is 8.03. The summed E-state index contributed by atoms with van der Waals surface area (Å²) in [5.74, 6) is -0.233. The molecule has 0 aromatic carbocycles. The zero-order valence-electron chi connectivity index (χ0n) is 11.9. The number of fused-ring (bicyclic) bond motifs is 1. The number of hydrogen-bond donors (Lipinski definition) is 1. The van der Waals surface area contributed by atoms with Gasteiger partial charge in [0.2, 0.25) is 0 Å². The molecular weight excluding hydrogens is 278 g/mol. The fourth-order valence-corrected chi connectivity index (χ4v) is 3.81. The van der Waals surface area contributed by atoms with Crippen molar-refractivity contribution in [2.45, 2.75) is 20.8 Å². The molecule has 1 fully saturated rings. The van der Waals surface area contributed by atoms with E-state index in [1.165, 1.54) is 17.8 Å². The fraction of sp³-hybridized carbons (Fsp3) is 0.571. The molecule has 2 aliphatic heterocycles. The van der Waals surface area contributed by atoms with Gasteiger partial charge in [-0.15, -0.1) is 11.8 Å². The molecule has 110 valence electrons. The lowest BCUT2D eigenvalue weighted by Gasteiger charge is -2.20. The topological polar surface area (TPSA) is 66.8 Å². The van der Waals surface area contributed by atoms with Crippen molar-refractivity contribution >= 4 is 23.7 Å². The number of hydrogen-bond acceptors (Lipinski definition) is 5. The number of thioether (sulfide) groups is 1. The summed E-state index contributed by atoms with van der Waals surface area (Å²) in [5.41, 5.74) is 1.46. The van der Waals surface area contributed by atoms with Gasteiger partial charge in [0.15, 0.2) is 0 Å². The molecule has 1 N–H and O–H groups in total. The number of nitrogens with zero attached hydrogens (tertiary/aromatic N) is 1. The maximum Gasteiger partial charge on any atom is 0.337 e. The molecular formula is C14H19NO4S. The minimum absolute atomic E-state index is 0.0917. The van der Waals surface area contributed by atoms with E-state index in [1.807, 2.05) is 4.90 Å². The van der Waals surface area contributed by atoms with Crippen molar-refractivity contribution in [1.82, 2.24) is 4.90 Å². The highest BCUT2D eigenvalue weighted by Crippen LogP contribution is 2.46. The first-order valence-corrected chi connectivity index (χ1v) is 7.69. The zero-order valence-corrected chi connectivity index (χ0v) is 12.7. The Morgan fingerprint density at radius 2 is 2.25 bits per heavy atom. The zero-order chi connectivity index (χ0) is 14.9. The molecule has 0 spiro atoms. The van der Waals surface area contributed by atoms with Crippen LogP contribution in [0.5, 0.6) is 0 Å². The minimum Gasteiger partial charge on any atom is -0.478 e. The molecule has 1 saturated heterocycles. The van der Waals surface area contributed by atoms with Crippen molar-refractivity contribution in [3.05, 3.63) is 22.4 Å². The van der Waals surface area contributed by atoms with Crippen molar-refractivity contribution in [1.29, 1.82) is 0 Å². The molecule has 2 rings (SSSR count). The van der Waals surface area contributed by atoms with Gasteiger partial charge in [0, 0.05) is 30.0 Å². The first kappa shape index (κ1) is 15.0. The maximum atomic E-state index is 12.2. The van der Waals surface area contributed by atoms with Crippen LogP contribution in [0.25, 0.3) is 0 Å². The molecule has 0 aliphatic carbocycles. The number of aliphatic carboxylic acids is 1. The third kappa shape index (κ3) is 2.70. The third-order valence-corrected chi connectivity index (χ3v) is 4.67. The van der Waals surface area contributed by atoms with Gasteiger partial charge in [0.1, 0.15) is 0 Å². The van der Waals surface area contributed by atoms with Crippen LogP contribution in [0.3, 0.4) is 0 Å². The fourth-order valence-electron chi connectivity index (χ4n) is 2.55. The normalized spacial score (nSPS) is 23.7. The van der Waals surface area contributed by atoms with Crippen LogP contribution in [0, 0.1) is 11.8 Å². The minimum atomic E-state index is -0.951. The van der Waals surface area contributed by atoms with Gasteiger partial charge in [0.05, 0.1) is 17.2 Å². The molecule has 20 heavy (non-hydrogen) atoms. The number of carbonyl (C=O) groups is 2. The summed E-state index contributed by atoms with van der Waals surface area (Å²) >= 11 is 1.52. The lowest BCUT2D eigenvalue weighted by Crippen LogP contribution is -2.23. The molecule has 0 aromatic rings. The molecule has 0 bridgehead atoms. The second-order valence-electron chi connectivity index (χ2n) is 5.16. The number of ether oxygens (including phenoxy) is 1. The monoisotopic (exact) mass is 297 g/mol. The van der Waals surface area contributed by atoms with Crippen molar-refractivity contribution in [3.8, 4) is 0 Å². The summed E-state index contributed by atoms with van der Waals surface area (Å²) in [6.45, 7) is 6.93. The van der Waals surface area contributed by atoms with E-state index in [2.05, 4.69) is 13.8 Å². The molecule has 0 saturated carbocycles. The van der Waals surface area contributed by atoms with Crippen LogP contribution in [0.1, 0.15) is 20.8 Å². The Labute approximate surface area is 122 Å². The van der Waals surface area contributed by atoms with E-state index < -0.39 is 5.97 Å². The van der Waals surface area contributed by atoms with E-state index in [4.69, 9.17) is 9.84 Å². The van der Waals surface area contributed by atoms with Gasteiger partial charge < -0.3 is 14.7 Å². The van der Waals surface area contributed by atoms with E-state index in [0.29, 0.717) is 30.4 Å². The highest BCUT2D eigenvalue weighted by Gasteiger charge is 2.42. The van der Waals surface area contributed by atoms with Crippen LogP contribution in [-0.4, -0.2) is 40.8 Å². The summed E-state index contributed by atoms with van der Waals surface area (Å²) in [5, 5.41) is 9.78. The summed E-state index contributed by atoms with van der Waals surface area (Å²) < 4.78 is 5.16. The smallest absolute Gasteiger partial charge is 0.337 e. The van der Waals surface area contributed by atoms with Crippen LogP contribution in [0.2, 0.25) is 0 Å². The highest BCUT2D eigenvalue weighted by atomic mass is 32.2. The lowest BCUT2D eigenvalue weighted by molar-refractivity contribution is -0.139. The Morgan fingerprint density at radius 1 is 1.55 bits per heavy atom.